The fourth-order valence-corrected chi connectivity index (χ4v) is 4.27. The summed E-state index contributed by atoms with van der Waals surface area (Å²) in [7, 11) is -2.22. The minimum atomic E-state index is -3.65. The molecule has 1 aliphatic heterocycles. The van der Waals surface area contributed by atoms with Crippen LogP contribution in [0.5, 0.6) is 5.75 Å². The third kappa shape index (κ3) is 3.18. The number of hydrazone groups is 1. The average molecular weight is 400 g/mol. The Balaban J connectivity index is 1.84. The minimum absolute atomic E-state index is 0.296. The molecule has 0 aliphatic carbocycles. The molecule has 0 spiro atoms. The SMILES string of the molecule is COc1cc(F)ccc1C1=NN(S(C)(=O)=O)C(c2cccc3nccnc23)C1. The van der Waals surface area contributed by atoms with Crippen LogP contribution in [0.4, 0.5) is 4.39 Å². The first-order valence-electron chi connectivity index (χ1n) is 8.49. The molecule has 1 aromatic heterocycles. The molecule has 7 nitrogen and oxygen atoms in total. The topological polar surface area (TPSA) is 84.8 Å². The first-order chi connectivity index (χ1) is 13.4. The van der Waals surface area contributed by atoms with Gasteiger partial charge in [0.05, 0.1) is 36.2 Å². The molecule has 1 aliphatic rings. The van der Waals surface area contributed by atoms with Crippen LogP contribution in [0.2, 0.25) is 0 Å². The first kappa shape index (κ1) is 18.3. The van der Waals surface area contributed by atoms with E-state index in [-0.39, 0.29) is 0 Å². The average Bonchev–Trinajstić information content (AvgIpc) is 3.13. The van der Waals surface area contributed by atoms with Crippen molar-refractivity contribution in [3.63, 3.8) is 0 Å². The zero-order valence-corrected chi connectivity index (χ0v) is 16.0. The zero-order valence-electron chi connectivity index (χ0n) is 15.2. The summed E-state index contributed by atoms with van der Waals surface area (Å²) in [6.07, 6.45) is 4.55. The summed E-state index contributed by atoms with van der Waals surface area (Å²) in [5.41, 5.74) is 3.03. The second-order valence-corrected chi connectivity index (χ2v) is 8.26. The molecule has 0 saturated carbocycles. The number of rotatable bonds is 4. The molecule has 144 valence electrons. The summed E-state index contributed by atoms with van der Waals surface area (Å²) in [5.74, 6) is -0.148. The van der Waals surface area contributed by atoms with Crippen molar-refractivity contribution >= 4 is 26.8 Å². The number of methoxy groups -OCH3 is 1. The molecule has 1 atom stereocenters. The number of para-hydroxylation sites is 1. The van der Waals surface area contributed by atoms with Gasteiger partial charge in [-0.05, 0) is 18.2 Å². The molecule has 0 fully saturated rings. The summed E-state index contributed by atoms with van der Waals surface area (Å²) in [6, 6.07) is 8.94. The number of nitrogens with zero attached hydrogens (tertiary/aromatic N) is 4. The molecule has 0 saturated heterocycles. The quantitative estimate of drug-likeness (QED) is 0.672. The fourth-order valence-electron chi connectivity index (χ4n) is 3.38. The van der Waals surface area contributed by atoms with E-state index in [9.17, 15) is 12.8 Å². The first-order valence-corrected chi connectivity index (χ1v) is 10.3. The Morgan fingerprint density at radius 3 is 2.71 bits per heavy atom. The summed E-state index contributed by atoms with van der Waals surface area (Å²) in [5, 5.41) is 4.34. The predicted molar refractivity (Wildman–Crippen MR) is 103 cm³/mol. The highest BCUT2D eigenvalue weighted by atomic mass is 32.2. The van der Waals surface area contributed by atoms with Crippen LogP contribution >= 0.6 is 0 Å². The highest BCUT2D eigenvalue weighted by Crippen LogP contribution is 2.38. The van der Waals surface area contributed by atoms with Crippen molar-refractivity contribution in [3.8, 4) is 5.75 Å². The number of benzene rings is 2. The van der Waals surface area contributed by atoms with E-state index >= 15 is 0 Å². The second-order valence-electron chi connectivity index (χ2n) is 6.42. The van der Waals surface area contributed by atoms with Crippen LogP contribution in [-0.2, 0) is 10.0 Å². The van der Waals surface area contributed by atoms with Gasteiger partial charge >= 0.3 is 0 Å². The molecule has 2 heterocycles. The van der Waals surface area contributed by atoms with Gasteiger partial charge in [0.25, 0.3) is 0 Å². The highest BCUT2D eigenvalue weighted by molar-refractivity contribution is 7.88. The van der Waals surface area contributed by atoms with Crippen molar-refractivity contribution in [2.24, 2.45) is 5.10 Å². The number of hydrogen-bond acceptors (Lipinski definition) is 6. The summed E-state index contributed by atoms with van der Waals surface area (Å²) >= 11 is 0. The number of fused-ring (bicyclic) bond motifs is 1. The van der Waals surface area contributed by atoms with E-state index in [4.69, 9.17) is 4.74 Å². The third-order valence-corrected chi connectivity index (χ3v) is 5.59. The van der Waals surface area contributed by atoms with Crippen LogP contribution in [0.1, 0.15) is 23.6 Å². The van der Waals surface area contributed by atoms with Crippen molar-refractivity contribution in [1.82, 2.24) is 14.4 Å². The maximum absolute atomic E-state index is 13.6. The number of aromatic nitrogens is 2. The van der Waals surface area contributed by atoms with Crippen molar-refractivity contribution in [2.45, 2.75) is 12.5 Å². The Labute approximate surface area is 161 Å². The molecule has 0 radical (unpaired) electrons. The molecule has 3 aromatic rings. The number of hydrogen-bond donors (Lipinski definition) is 0. The van der Waals surface area contributed by atoms with E-state index in [1.807, 2.05) is 18.2 Å². The maximum Gasteiger partial charge on any atom is 0.247 e. The third-order valence-electron chi connectivity index (χ3n) is 4.58. The van der Waals surface area contributed by atoms with Crippen LogP contribution in [0.3, 0.4) is 0 Å². The summed E-state index contributed by atoms with van der Waals surface area (Å²) < 4.78 is 44.8. The van der Waals surface area contributed by atoms with E-state index in [0.717, 1.165) is 10.7 Å². The Morgan fingerprint density at radius 1 is 1.18 bits per heavy atom. The lowest BCUT2D eigenvalue weighted by Crippen LogP contribution is -2.26. The second kappa shape index (κ2) is 6.83. The Kier molecular flexibility index (Phi) is 4.46. The van der Waals surface area contributed by atoms with Gasteiger partial charge in [0.15, 0.2) is 0 Å². The zero-order chi connectivity index (χ0) is 19.9. The van der Waals surface area contributed by atoms with Crippen LogP contribution in [-0.4, -0.2) is 41.9 Å². The Hall–Kier alpha value is -3.07. The Morgan fingerprint density at radius 2 is 1.96 bits per heavy atom. The van der Waals surface area contributed by atoms with Gasteiger partial charge in [-0.25, -0.2) is 12.8 Å². The van der Waals surface area contributed by atoms with E-state index in [1.54, 1.807) is 18.5 Å². The van der Waals surface area contributed by atoms with Gasteiger partial charge in [-0.15, -0.1) is 0 Å². The van der Waals surface area contributed by atoms with Crippen LogP contribution < -0.4 is 4.74 Å². The Bertz CT molecular complexity index is 1190. The molecular weight excluding hydrogens is 383 g/mol. The van der Waals surface area contributed by atoms with Crippen molar-refractivity contribution in [2.75, 3.05) is 13.4 Å². The highest BCUT2D eigenvalue weighted by Gasteiger charge is 2.36. The van der Waals surface area contributed by atoms with E-state index in [0.29, 0.717) is 40.0 Å². The van der Waals surface area contributed by atoms with E-state index < -0.39 is 21.9 Å². The van der Waals surface area contributed by atoms with Gasteiger partial charge in [-0.3, -0.25) is 9.97 Å². The van der Waals surface area contributed by atoms with Crippen LogP contribution in [0, 0.1) is 5.82 Å². The summed E-state index contributed by atoms with van der Waals surface area (Å²) in [4.78, 5) is 8.66. The smallest absolute Gasteiger partial charge is 0.247 e. The fraction of sp³-hybridized carbons (Fsp3) is 0.211. The number of halogens is 1. The van der Waals surface area contributed by atoms with Gasteiger partial charge in [0, 0.05) is 36.0 Å². The number of ether oxygens (including phenoxy) is 1. The molecule has 2 aromatic carbocycles. The van der Waals surface area contributed by atoms with Crippen molar-refractivity contribution in [3.05, 3.63) is 65.7 Å². The molecular formula is C19H17FN4O3S. The lowest BCUT2D eigenvalue weighted by Gasteiger charge is -2.22. The summed E-state index contributed by atoms with van der Waals surface area (Å²) in [6.45, 7) is 0. The molecule has 0 N–H and O–H groups in total. The monoisotopic (exact) mass is 400 g/mol. The van der Waals surface area contributed by atoms with Gasteiger partial charge in [0.1, 0.15) is 11.6 Å². The predicted octanol–water partition coefficient (Wildman–Crippen LogP) is 2.89. The molecule has 0 bridgehead atoms. The number of sulfonamides is 1. The van der Waals surface area contributed by atoms with Crippen LogP contribution in [0.25, 0.3) is 11.0 Å². The normalized spacial score (nSPS) is 17.0. The van der Waals surface area contributed by atoms with Crippen molar-refractivity contribution < 1.29 is 17.5 Å². The van der Waals surface area contributed by atoms with Gasteiger partial charge < -0.3 is 4.74 Å². The minimum Gasteiger partial charge on any atom is -0.496 e. The van der Waals surface area contributed by atoms with E-state index in [1.165, 1.54) is 19.2 Å². The lowest BCUT2D eigenvalue weighted by atomic mass is 9.97. The van der Waals surface area contributed by atoms with Crippen molar-refractivity contribution in [1.29, 1.82) is 0 Å². The maximum atomic E-state index is 13.6. The van der Waals surface area contributed by atoms with Gasteiger partial charge in [0.2, 0.25) is 10.0 Å². The standard InChI is InChI=1S/C19H17FN4O3S/c1-27-18-10-12(20)6-7-13(18)16-11-17(24(23-16)28(2,25)26)14-4-3-5-15-19(14)22-9-8-21-15/h3-10,17H,11H2,1-2H3. The van der Waals surface area contributed by atoms with Gasteiger partial charge in [-0.2, -0.15) is 9.52 Å². The molecule has 4 rings (SSSR count). The molecule has 28 heavy (non-hydrogen) atoms. The molecule has 0 amide bonds. The lowest BCUT2D eigenvalue weighted by molar-refractivity contribution is 0.376. The van der Waals surface area contributed by atoms with E-state index in [2.05, 4.69) is 15.1 Å². The van der Waals surface area contributed by atoms with Crippen LogP contribution in [0.15, 0.2) is 53.9 Å². The van der Waals surface area contributed by atoms with Gasteiger partial charge in [-0.1, -0.05) is 12.1 Å². The molecule has 1 unspecified atom stereocenters. The molecule has 9 heteroatoms. The largest absolute Gasteiger partial charge is 0.496 e.